The minimum atomic E-state index is -1.000. The summed E-state index contributed by atoms with van der Waals surface area (Å²) in [7, 11) is -1.000. The molecule has 3 nitrogen and oxygen atoms in total. The van der Waals surface area contributed by atoms with Crippen molar-refractivity contribution >= 4 is 35.0 Å². The van der Waals surface area contributed by atoms with Crippen molar-refractivity contribution in [1.82, 2.24) is 9.55 Å². The zero-order valence-corrected chi connectivity index (χ0v) is 13.7. The Morgan fingerprint density at radius 2 is 2.17 bits per heavy atom. The van der Waals surface area contributed by atoms with E-state index in [0.29, 0.717) is 6.73 Å². The molecule has 0 saturated carbocycles. The number of ether oxygens (including phenoxy) is 1. The Kier molecular flexibility index (Phi) is 4.24. The fraction of sp³-hybridized carbons (Fsp3) is 0.462. The summed E-state index contributed by atoms with van der Waals surface area (Å²) in [5.74, 6) is 0. The number of aromatic nitrogens is 2. The molecule has 0 unspecified atom stereocenters. The van der Waals surface area contributed by atoms with Crippen LogP contribution in [0.3, 0.4) is 0 Å². The highest BCUT2D eigenvalue weighted by atomic mass is 79.9. The molecule has 0 aliphatic rings. The number of rotatable bonds is 5. The van der Waals surface area contributed by atoms with E-state index in [2.05, 4.69) is 51.2 Å². The minimum Gasteiger partial charge on any atom is -0.361 e. The van der Waals surface area contributed by atoms with E-state index in [9.17, 15) is 0 Å². The summed E-state index contributed by atoms with van der Waals surface area (Å²) < 4.78 is 8.88. The minimum absolute atomic E-state index is 0.596. The van der Waals surface area contributed by atoms with Gasteiger partial charge in [0, 0.05) is 27.1 Å². The van der Waals surface area contributed by atoms with Crippen LogP contribution in [0.25, 0.3) is 11.0 Å². The van der Waals surface area contributed by atoms with Gasteiger partial charge in [-0.15, -0.1) is 0 Å². The molecular weight excluding hydrogens is 308 g/mol. The van der Waals surface area contributed by atoms with Crippen molar-refractivity contribution in [3.05, 3.63) is 29.0 Å². The van der Waals surface area contributed by atoms with E-state index in [-0.39, 0.29) is 0 Å². The zero-order chi connectivity index (χ0) is 13.2. The Bertz CT molecular complexity index is 533. The first-order valence-corrected chi connectivity index (χ1v) is 10.6. The van der Waals surface area contributed by atoms with Gasteiger partial charge in [-0.1, -0.05) is 19.6 Å². The van der Waals surface area contributed by atoms with Gasteiger partial charge in [0.15, 0.2) is 0 Å². The number of hydrogen-bond acceptors (Lipinski definition) is 2. The summed E-state index contributed by atoms with van der Waals surface area (Å²) in [5, 5.41) is 0. The highest BCUT2D eigenvalue weighted by Gasteiger charge is 2.12. The third-order valence-electron chi connectivity index (χ3n) is 2.82. The van der Waals surface area contributed by atoms with E-state index >= 15 is 0 Å². The number of fused-ring (bicyclic) bond motifs is 1. The molecule has 0 aliphatic carbocycles. The molecule has 0 radical (unpaired) electrons. The van der Waals surface area contributed by atoms with Crippen LogP contribution in [0.2, 0.25) is 25.7 Å². The second-order valence-electron chi connectivity index (χ2n) is 5.67. The lowest BCUT2D eigenvalue weighted by Crippen LogP contribution is -2.21. The normalized spacial score (nSPS) is 12.2. The smallest absolute Gasteiger partial charge is 0.122 e. The second-order valence-corrected chi connectivity index (χ2v) is 12.1. The van der Waals surface area contributed by atoms with E-state index in [1.165, 1.54) is 6.04 Å². The first kappa shape index (κ1) is 13.8. The summed E-state index contributed by atoms with van der Waals surface area (Å²) in [4.78, 5) is 4.35. The highest BCUT2D eigenvalue weighted by molar-refractivity contribution is 9.10. The van der Waals surface area contributed by atoms with Gasteiger partial charge in [-0.3, -0.25) is 4.98 Å². The molecule has 5 heteroatoms. The maximum absolute atomic E-state index is 5.77. The Hall–Kier alpha value is -0.653. The van der Waals surface area contributed by atoms with E-state index in [1.807, 2.05) is 18.5 Å². The molecule has 2 heterocycles. The largest absolute Gasteiger partial charge is 0.361 e. The number of hydrogen-bond donors (Lipinski definition) is 0. The Morgan fingerprint density at radius 3 is 2.89 bits per heavy atom. The molecule has 2 aromatic rings. The molecule has 18 heavy (non-hydrogen) atoms. The fourth-order valence-electron chi connectivity index (χ4n) is 1.73. The van der Waals surface area contributed by atoms with Crippen LogP contribution in [0.5, 0.6) is 0 Å². The summed E-state index contributed by atoms with van der Waals surface area (Å²) in [6, 6.07) is 5.22. The van der Waals surface area contributed by atoms with Crippen molar-refractivity contribution in [1.29, 1.82) is 0 Å². The van der Waals surface area contributed by atoms with Crippen LogP contribution < -0.4 is 0 Å². The van der Waals surface area contributed by atoms with Gasteiger partial charge in [0.1, 0.15) is 12.2 Å². The van der Waals surface area contributed by atoms with Gasteiger partial charge in [-0.05, 0) is 34.1 Å². The van der Waals surface area contributed by atoms with Gasteiger partial charge < -0.3 is 9.30 Å². The molecule has 0 aromatic carbocycles. The predicted molar refractivity (Wildman–Crippen MR) is 81.5 cm³/mol. The van der Waals surface area contributed by atoms with E-state index in [1.54, 1.807) is 0 Å². The summed E-state index contributed by atoms with van der Waals surface area (Å²) in [5.41, 5.74) is 2.10. The quantitative estimate of drug-likeness (QED) is 0.610. The Balaban J connectivity index is 2.00. The monoisotopic (exact) mass is 326 g/mol. The standard InChI is InChI=1S/C13H19BrN2OSi/c1-18(2,3)8-7-17-10-16-9-11(14)13-12(16)5-4-6-15-13/h4-6,9H,7-8,10H2,1-3H3. The molecule has 2 aromatic heterocycles. The molecule has 0 bridgehead atoms. The van der Waals surface area contributed by atoms with E-state index < -0.39 is 8.07 Å². The van der Waals surface area contributed by atoms with E-state index in [4.69, 9.17) is 4.74 Å². The van der Waals surface area contributed by atoms with Gasteiger partial charge in [0.2, 0.25) is 0 Å². The molecule has 98 valence electrons. The molecule has 0 atom stereocenters. The Labute approximate surface area is 117 Å². The van der Waals surface area contributed by atoms with Crippen LogP contribution in [0.1, 0.15) is 0 Å². The van der Waals surface area contributed by atoms with Crippen LogP contribution >= 0.6 is 15.9 Å². The molecule has 0 N–H and O–H groups in total. The highest BCUT2D eigenvalue weighted by Crippen LogP contribution is 2.23. The zero-order valence-electron chi connectivity index (χ0n) is 11.1. The lowest BCUT2D eigenvalue weighted by molar-refractivity contribution is 0.0902. The van der Waals surface area contributed by atoms with Gasteiger partial charge in [0.05, 0.1) is 9.99 Å². The van der Waals surface area contributed by atoms with Gasteiger partial charge in [0.25, 0.3) is 0 Å². The van der Waals surface area contributed by atoms with Crippen molar-refractivity contribution in [2.45, 2.75) is 32.4 Å². The molecule has 0 aliphatic heterocycles. The molecule has 0 saturated heterocycles. The lowest BCUT2D eigenvalue weighted by Gasteiger charge is -2.15. The van der Waals surface area contributed by atoms with Crippen LogP contribution in [0, 0.1) is 0 Å². The van der Waals surface area contributed by atoms with Crippen LogP contribution in [-0.4, -0.2) is 24.2 Å². The average Bonchev–Trinajstić information content (AvgIpc) is 2.62. The van der Waals surface area contributed by atoms with E-state index in [0.717, 1.165) is 22.1 Å². The fourth-order valence-corrected chi connectivity index (χ4v) is 3.04. The first-order valence-electron chi connectivity index (χ1n) is 6.14. The molecule has 2 rings (SSSR count). The van der Waals surface area contributed by atoms with Crippen molar-refractivity contribution in [2.24, 2.45) is 0 Å². The van der Waals surface area contributed by atoms with Gasteiger partial charge >= 0.3 is 0 Å². The van der Waals surface area contributed by atoms with Crippen molar-refractivity contribution in [3.8, 4) is 0 Å². The summed E-state index contributed by atoms with van der Waals surface area (Å²) >= 11 is 3.53. The number of pyridine rings is 1. The molecular formula is C13H19BrN2OSi. The van der Waals surface area contributed by atoms with Crippen LogP contribution in [0.4, 0.5) is 0 Å². The average molecular weight is 327 g/mol. The van der Waals surface area contributed by atoms with Crippen LogP contribution in [-0.2, 0) is 11.5 Å². The van der Waals surface area contributed by atoms with Crippen LogP contribution in [0.15, 0.2) is 29.0 Å². The maximum Gasteiger partial charge on any atom is 0.122 e. The summed E-state index contributed by atoms with van der Waals surface area (Å²) in [6.45, 7) is 8.53. The molecule has 0 amide bonds. The molecule has 0 fully saturated rings. The first-order chi connectivity index (χ1) is 8.47. The van der Waals surface area contributed by atoms with Gasteiger partial charge in [-0.2, -0.15) is 0 Å². The maximum atomic E-state index is 5.77. The topological polar surface area (TPSA) is 27.1 Å². The second kappa shape index (κ2) is 5.55. The SMILES string of the molecule is C[Si](C)(C)CCOCn1cc(Br)c2ncccc21. The predicted octanol–water partition coefficient (Wildman–Crippen LogP) is 4.11. The number of halogens is 1. The van der Waals surface area contributed by atoms with Crippen molar-refractivity contribution in [3.63, 3.8) is 0 Å². The molecule has 0 spiro atoms. The summed E-state index contributed by atoms with van der Waals surface area (Å²) in [6.07, 6.45) is 3.84. The lowest BCUT2D eigenvalue weighted by atomic mass is 10.4. The third kappa shape index (κ3) is 3.43. The number of nitrogens with zero attached hydrogens (tertiary/aromatic N) is 2. The van der Waals surface area contributed by atoms with Crippen molar-refractivity contribution in [2.75, 3.05) is 6.61 Å². The Morgan fingerprint density at radius 1 is 1.39 bits per heavy atom. The van der Waals surface area contributed by atoms with Gasteiger partial charge in [-0.25, -0.2) is 0 Å². The third-order valence-corrected chi connectivity index (χ3v) is 5.10. The van der Waals surface area contributed by atoms with Crippen molar-refractivity contribution < 1.29 is 4.74 Å².